The summed E-state index contributed by atoms with van der Waals surface area (Å²) in [5.74, 6) is 2.88. The Hall–Kier alpha value is -3.39. The van der Waals surface area contributed by atoms with Crippen molar-refractivity contribution in [2.75, 3.05) is 13.1 Å². The second-order valence-electron chi connectivity index (χ2n) is 6.96. The van der Waals surface area contributed by atoms with Gasteiger partial charge in [0.2, 0.25) is 5.82 Å². The van der Waals surface area contributed by atoms with Crippen LogP contribution in [0.15, 0.2) is 75.6 Å². The lowest BCUT2D eigenvalue weighted by molar-refractivity contribution is 0.432. The summed E-state index contributed by atoms with van der Waals surface area (Å²) in [5.41, 5.74) is 4.10. The van der Waals surface area contributed by atoms with Gasteiger partial charge in [0.05, 0.1) is 6.54 Å². The number of hydrogen-bond acceptors (Lipinski definition) is 7. The highest BCUT2D eigenvalue weighted by Gasteiger charge is 2.13. The van der Waals surface area contributed by atoms with Crippen molar-refractivity contribution in [3.8, 4) is 22.8 Å². The predicted molar refractivity (Wildman–Crippen MR) is 117 cm³/mol. The molecule has 0 aliphatic carbocycles. The van der Waals surface area contributed by atoms with Crippen LogP contribution in [0, 0.1) is 0 Å². The van der Waals surface area contributed by atoms with E-state index in [1.165, 1.54) is 5.56 Å². The first-order chi connectivity index (χ1) is 14.8. The first-order valence-corrected chi connectivity index (χ1v) is 10.7. The third-order valence-corrected chi connectivity index (χ3v) is 5.99. The minimum atomic E-state index is 0.507. The van der Waals surface area contributed by atoms with Crippen molar-refractivity contribution in [1.29, 1.82) is 0 Å². The van der Waals surface area contributed by atoms with Crippen LogP contribution < -0.4 is 5.32 Å². The van der Waals surface area contributed by atoms with Gasteiger partial charge in [0.1, 0.15) is 5.84 Å². The van der Waals surface area contributed by atoms with Crippen LogP contribution >= 0.6 is 11.8 Å². The summed E-state index contributed by atoms with van der Waals surface area (Å²) >= 11 is 1.71. The zero-order valence-electron chi connectivity index (χ0n) is 16.4. The molecular weight excluding hydrogens is 396 g/mol. The molecule has 150 valence electrons. The summed E-state index contributed by atoms with van der Waals surface area (Å²) < 4.78 is 7.51. The molecule has 0 bridgehead atoms. The molecule has 0 atom stereocenters. The van der Waals surface area contributed by atoms with Crippen LogP contribution in [0.25, 0.3) is 22.8 Å². The molecule has 5 rings (SSSR count). The first-order valence-electron chi connectivity index (χ1n) is 9.68. The van der Waals surface area contributed by atoms with Gasteiger partial charge < -0.3 is 14.4 Å². The number of aryl methyl sites for hydroxylation is 1. The number of aliphatic imine (C=N–C) groups is 1. The van der Waals surface area contributed by atoms with E-state index >= 15 is 0 Å². The van der Waals surface area contributed by atoms with Crippen molar-refractivity contribution >= 4 is 17.6 Å². The van der Waals surface area contributed by atoms with E-state index in [0.29, 0.717) is 11.7 Å². The van der Waals surface area contributed by atoms with E-state index in [4.69, 9.17) is 4.52 Å². The Balaban J connectivity index is 1.27. The van der Waals surface area contributed by atoms with Crippen LogP contribution in [0.5, 0.6) is 0 Å². The number of benzene rings is 2. The maximum absolute atomic E-state index is 5.49. The molecule has 1 N–H and O–H groups in total. The zero-order chi connectivity index (χ0) is 20.3. The SMILES string of the molecule is Cn1ccnc1SCc1ccc(-c2noc(-c3ccc(C4=NCCN4)cc3)n2)cc1. The minimum absolute atomic E-state index is 0.507. The van der Waals surface area contributed by atoms with Gasteiger partial charge in [-0.2, -0.15) is 4.98 Å². The molecule has 4 aromatic rings. The monoisotopic (exact) mass is 416 g/mol. The molecule has 7 nitrogen and oxygen atoms in total. The van der Waals surface area contributed by atoms with Crippen molar-refractivity contribution in [3.05, 3.63) is 72.1 Å². The minimum Gasteiger partial charge on any atom is -0.368 e. The van der Waals surface area contributed by atoms with Crippen LogP contribution in [-0.2, 0) is 12.8 Å². The second-order valence-corrected chi connectivity index (χ2v) is 7.91. The van der Waals surface area contributed by atoms with Crippen LogP contribution in [0.3, 0.4) is 0 Å². The summed E-state index contributed by atoms with van der Waals surface area (Å²) in [6, 6.07) is 16.2. The summed E-state index contributed by atoms with van der Waals surface area (Å²) in [6.07, 6.45) is 3.76. The number of nitrogens with one attached hydrogen (secondary N) is 1. The van der Waals surface area contributed by atoms with E-state index in [1.54, 1.807) is 11.8 Å². The quantitative estimate of drug-likeness (QED) is 0.482. The Labute approximate surface area is 178 Å². The van der Waals surface area contributed by atoms with E-state index in [1.807, 2.05) is 60.4 Å². The van der Waals surface area contributed by atoms with Crippen molar-refractivity contribution in [2.45, 2.75) is 10.9 Å². The molecule has 0 spiro atoms. The Morgan fingerprint density at radius 3 is 2.50 bits per heavy atom. The number of nitrogens with zero attached hydrogens (tertiary/aromatic N) is 5. The van der Waals surface area contributed by atoms with Crippen LogP contribution in [0.2, 0.25) is 0 Å². The maximum Gasteiger partial charge on any atom is 0.258 e. The van der Waals surface area contributed by atoms with Crippen LogP contribution in [-0.4, -0.2) is 38.6 Å². The smallest absolute Gasteiger partial charge is 0.258 e. The Kier molecular flexibility index (Phi) is 5.06. The number of thioether (sulfide) groups is 1. The number of aromatic nitrogens is 4. The predicted octanol–water partition coefficient (Wildman–Crippen LogP) is 3.78. The molecule has 2 aromatic heterocycles. The van der Waals surface area contributed by atoms with Gasteiger partial charge in [0.25, 0.3) is 5.89 Å². The number of rotatable bonds is 6. The number of amidine groups is 1. The summed E-state index contributed by atoms with van der Waals surface area (Å²) in [4.78, 5) is 13.3. The van der Waals surface area contributed by atoms with Gasteiger partial charge >= 0.3 is 0 Å². The molecule has 8 heteroatoms. The third kappa shape index (κ3) is 3.86. The molecular formula is C22H20N6OS. The highest BCUT2D eigenvalue weighted by Crippen LogP contribution is 2.25. The lowest BCUT2D eigenvalue weighted by Crippen LogP contribution is -2.19. The summed E-state index contributed by atoms with van der Waals surface area (Å²) in [5, 5.41) is 8.43. The van der Waals surface area contributed by atoms with Gasteiger partial charge in [-0.05, 0) is 17.7 Å². The van der Waals surface area contributed by atoms with Gasteiger partial charge in [0, 0.05) is 48.4 Å². The maximum atomic E-state index is 5.49. The number of imidazole rings is 1. The molecule has 0 saturated carbocycles. The Bertz CT molecular complexity index is 1180. The van der Waals surface area contributed by atoms with Crippen LogP contribution in [0.4, 0.5) is 0 Å². The topological polar surface area (TPSA) is 81.1 Å². The van der Waals surface area contributed by atoms with E-state index in [0.717, 1.165) is 46.5 Å². The highest BCUT2D eigenvalue weighted by atomic mass is 32.2. The van der Waals surface area contributed by atoms with E-state index in [9.17, 15) is 0 Å². The van der Waals surface area contributed by atoms with Crippen molar-refractivity contribution in [2.24, 2.45) is 12.0 Å². The fraction of sp³-hybridized carbons (Fsp3) is 0.182. The van der Waals surface area contributed by atoms with Gasteiger partial charge in [-0.1, -0.05) is 53.3 Å². The average Bonchev–Trinajstić information content (AvgIpc) is 3.55. The molecule has 30 heavy (non-hydrogen) atoms. The zero-order valence-corrected chi connectivity index (χ0v) is 17.3. The standard InChI is InChI=1S/C22H20N6OS/c1-28-13-12-25-22(28)30-14-15-2-4-17(5-3-15)20-26-21(29-27-20)18-8-6-16(7-9-18)19-23-10-11-24-19/h2-9,12-13H,10-11,14H2,1H3,(H,23,24). The molecule has 1 aliphatic rings. The molecule has 0 fully saturated rings. The lowest BCUT2D eigenvalue weighted by Gasteiger charge is -2.03. The van der Waals surface area contributed by atoms with Gasteiger partial charge in [-0.15, -0.1) is 0 Å². The fourth-order valence-corrected chi connectivity index (χ4v) is 4.10. The first kappa shape index (κ1) is 18.6. The molecule has 0 unspecified atom stereocenters. The number of hydrogen-bond donors (Lipinski definition) is 1. The molecule has 0 saturated heterocycles. The molecule has 1 aliphatic heterocycles. The molecule has 0 radical (unpaired) electrons. The van der Waals surface area contributed by atoms with E-state index in [-0.39, 0.29) is 0 Å². The lowest BCUT2D eigenvalue weighted by atomic mass is 10.1. The Morgan fingerprint density at radius 2 is 1.80 bits per heavy atom. The third-order valence-electron chi connectivity index (χ3n) is 4.86. The summed E-state index contributed by atoms with van der Waals surface area (Å²) in [7, 11) is 2.00. The van der Waals surface area contributed by atoms with Crippen molar-refractivity contribution in [1.82, 2.24) is 25.0 Å². The van der Waals surface area contributed by atoms with Crippen LogP contribution in [0.1, 0.15) is 11.1 Å². The van der Waals surface area contributed by atoms with Crippen molar-refractivity contribution < 1.29 is 4.52 Å². The van der Waals surface area contributed by atoms with Crippen molar-refractivity contribution in [3.63, 3.8) is 0 Å². The molecule has 3 heterocycles. The molecule has 0 amide bonds. The normalized spacial score (nSPS) is 13.3. The largest absolute Gasteiger partial charge is 0.368 e. The summed E-state index contributed by atoms with van der Waals surface area (Å²) in [6.45, 7) is 1.72. The van der Waals surface area contributed by atoms with Gasteiger partial charge in [-0.25, -0.2) is 4.98 Å². The highest BCUT2D eigenvalue weighted by molar-refractivity contribution is 7.98. The average molecular weight is 417 g/mol. The second kappa shape index (κ2) is 8.16. The fourth-order valence-electron chi connectivity index (χ4n) is 3.21. The van der Waals surface area contributed by atoms with Gasteiger partial charge in [0.15, 0.2) is 5.16 Å². The van der Waals surface area contributed by atoms with E-state index < -0.39 is 0 Å². The Morgan fingerprint density at radius 1 is 1.03 bits per heavy atom. The molecule has 2 aromatic carbocycles. The van der Waals surface area contributed by atoms with Gasteiger partial charge in [-0.3, -0.25) is 4.99 Å². The van der Waals surface area contributed by atoms with E-state index in [2.05, 4.69) is 37.6 Å².